The summed E-state index contributed by atoms with van der Waals surface area (Å²) in [5.41, 5.74) is 2.98. The summed E-state index contributed by atoms with van der Waals surface area (Å²) in [4.78, 5) is 23.4. The molecular weight excluding hydrogens is 406 g/mol. The Hall–Kier alpha value is -2.51. The molecule has 1 aromatic carbocycles. The molecule has 1 aliphatic rings. The molecule has 0 unspecified atom stereocenters. The monoisotopic (exact) mass is 425 g/mol. The van der Waals surface area contributed by atoms with Gasteiger partial charge in [-0.2, -0.15) is 0 Å². The van der Waals surface area contributed by atoms with Gasteiger partial charge in [0.25, 0.3) is 0 Å². The third kappa shape index (κ3) is 3.79. The van der Waals surface area contributed by atoms with Gasteiger partial charge in [0.05, 0.1) is 28.7 Å². The standard InChI is InChI=1S/C20H20BrN5O/c1-13(27)17-12-23-18-4-2-14(21)10-16(18)20(17)25-15-3-5-19(24-11-15)26-8-6-22-7-9-26/h2-5,10-12,22H,6-9H2,1H3,(H,23,25). The topological polar surface area (TPSA) is 70.2 Å². The van der Waals surface area contributed by atoms with Gasteiger partial charge in [0.15, 0.2) is 5.78 Å². The fraction of sp³-hybridized carbons (Fsp3) is 0.250. The van der Waals surface area contributed by atoms with Crippen LogP contribution in [0, 0.1) is 0 Å². The Morgan fingerprint density at radius 1 is 1.15 bits per heavy atom. The van der Waals surface area contributed by atoms with E-state index in [1.54, 1.807) is 13.1 Å². The van der Waals surface area contributed by atoms with E-state index in [0.717, 1.165) is 58.7 Å². The Morgan fingerprint density at radius 3 is 2.67 bits per heavy atom. The van der Waals surface area contributed by atoms with E-state index >= 15 is 0 Å². The van der Waals surface area contributed by atoms with E-state index in [0.29, 0.717) is 5.56 Å². The van der Waals surface area contributed by atoms with Gasteiger partial charge in [-0.15, -0.1) is 0 Å². The van der Waals surface area contributed by atoms with E-state index in [4.69, 9.17) is 0 Å². The molecule has 1 fully saturated rings. The van der Waals surface area contributed by atoms with Gasteiger partial charge in [-0.1, -0.05) is 15.9 Å². The number of benzene rings is 1. The Balaban J connectivity index is 1.69. The second kappa shape index (κ2) is 7.62. The van der Waals surface area contributed by atoms with E-state index < -0.39 is 0 Å². The molecule has 0 spiro atoms. The lowest BCUT2D eigenvalue weighted by Crippen LogP contribution is -2.43. The first-order valence-electron chi connectivity index (χ1n) is 8.90. The van der Waals surface area contributed by atoms with Crippen molar-refractivity contribution in [1.29, 1.82) is 0 Å². The molecule has 3 aromatic rings. The van der Waals surface area contributed by atoms with Gasteiger partial charge in [-0.25, -0.2) is 4.98 Å². The van der Waals surface area contributed by atoms with Gasteiger partial charge in [0.2, 0.25) is 0 Å². The number of hydrogen-bond acceptors (Lipinski definition) is 6. The molecule has 6 nitrogen and oxygen atoms in total. The molecule has 1 aliphatic heterocycles. The Morgan fingerprint density at radius 2 is 1.96 bits per heavy atom. The molecule has 4 rings (SSSR count). The van der Waals surface area contributed by atoms with Gasteiger partial charge >= 0.3 is 0 Å². The van der Waals surface area contributed by atoms with Crippen LogP contribution in [0.5, 0.6) is 0 Å². The normalized spacial score (nSPS) is 14.4. The zero-order valence-electron chi connectivity index (χ0n) is 15.0. The molecule has 0 saturated carbocycles. The summed E-state index contributed by atoms with van der Waals surface area (Å²) >= 11 is 3.50. The lowest BCUT2D eigenvalue weighted by Gasteiger charge is -2.28. The average molecular weight is 426 g/mol. The summed E-state index contributed by atoms with van der Waals surface area (Å²) in [5.74, 6) is 0.938. The molecule has 2 aromatic heterocycles. The number of fused-ring (bicyclic) bond motifs is 1. The molecule has 2 N–H and O–H groups in total. The Bertz CT molecular complexity index is 984. The van der Waals surface area contributed by atoms with Gasteiger partial charge in [-0.05, 0) is 37.3 Å². The van der Waals surface area contributed by atoms with Gasteiger partial charge in [0.1, 0.15) is 5.82 Å². The highest BCUT2D eigenvalue weighted by Gasteiger charge is 2.15. The first-order valence-corrected chi connectivity index (χ1v) is 9.69. The van der Waals surface area contributed by atoms with E-state index in [-0.39, 0.29) is 5.78 Å². The molecular formula is C20H20BrN5O. The van der Waals surface area contributed by atoms with E-state index in [2.05, 4.69) is 41.4 Å². The molecule has 0 atom stereocenters. The van der Waals surface area contributed by atoms with Crippen molar-refractivity contribution in [2.45, 2.75) is 6.92 Å². The number of carbonyl (C=O) groups excluding carboxylic acids is 1. The van der Waals surface area contributed by atoms with Crippen LogP contribution in [-0.2, 0) is 0 Å². The maximum atomic E-state index is 12.1. The van der Waals surface area contributed by atoms with Crippen molar-refractivity contribution in [3.05, 3.63) is 52.8 Å². The number of anilines is 3. The number of nitrogens with one attached hydrogen (secondary N) is 2. The van der Waals surface area contributed by atoms with Crippen molar-refractivity contribution in [2.24, 2.45) is 0 Å². The summed E-state index contributed by atoms with van der Waals surface area (Å²) in [6, 6.07) is 9.86. The quantitative estimate of drug-likeness (QED) is 0.620. The molecule has 0 bridgehead atoms. The number of Topliss-reactive ketones (excluding diaryl/α,β-unsaturated/α-hetero) is 1. The Labute approximate surface area is 166 Å². The number of rotatable bonds is 4. The van der Waals surface area contributed by atoms with Crippen molar-refractivity contribution >= 4 is 49.8 Å². The van der Waals surface area contributed by atoms with Crippen LogP contribution in [0.1, 0.15) is 17.3 Å². The SMILES string of the molecule is CC(=O)c1cnc2ccc(Br)cc2c1Nc1ccc(N2CCNCC2)nc1. The van der Waals surface area contributed by atoms with Crippen LogP contribution >= 0.6 is 15.9 Å². The van der Waals surface area contributed by atoms with Crippen LogP contribution in [0.15, 0.2) is 47.2 Å². The van der Waals surface area contributed by atoms with Crippen LogP contribution in [0.4, 0.5) is 17.2 Å². The van der Waals surface area contributed by atoms with Crippen LogP contribution < -0.4 is 15.5 Å². The average Bonchev–Trinajstić information content (AvgIpc) is 2.69. The zero-order chi connectivity index (χ0) is 18.8. The maximum absolute atomic E-state index is 12.1. The number of nitrogens with zero attached hydrogens (tertiary/aromatic N) is 3. The van der Waals surface area contributed by atoms with Crippen molar-refractivity contribution in [2.75, 3.05) is 36.4 Å². The predicted octanol–water partition coefficient (Wildman–Crippen LogP) is 3.75. The number of aromatic nitrogens is 2. The molecule has 0 aliphatic carbocycles. The molecule has 3 heterocycles. The number of pyridine rings is 2. The largest absolute Gasteiger partial charge is 0.354 e. The lowest BCUT2D eigenvalue weighted by atomic mass is 10.1. The minimum atomic E-state index is -0.0303. The van der Waals surface area contributed by atoms with Gasteiger partial charge < -0.3 is 15.5 Å². The maximum Gasteiger partial charge on any atom is 0.163 e. The summed E-state index contributed by atoms with van der Waals surface area (Å²) < 4.78 is 0.938. The van der Waals surface area contributed by atoms with Crippen molar-refractivity contribution < 1.29 is 4.79 Å². The van der Waals surface area contributed by atoms with Gasteiger partial charge in [-0.3, -0.25) is 9.78 Å². The van der Waals surface area contributed by atoms with Crippen LogP contribution in [-0.4, -0.2) is 41.9 Å². The lowest BCUT2D eigenvalue weighted by molar-refractivity contribution is 0.101. The fourth-order valence-electron chi connectivity index (χ4n) is 3.25. The third-order valence-electron chi connectivity index (χ3n) is 4.67. The molecule has 0 radical (unpaired) electrons. The minimum absolute atomic E-state index is 0.0303. The zero-order valence-corrected chi connectivity index (χ0v) is 16.6. The first-order chi connectivity index (χ1) is 13.1. The fourth-order valence-corrected chi connectivity index (χ4v) is 3.61. The van der Waals surface area contributed by atoms with Crippen molar-refractivity contribution in [3.8, 4) is 0 Å². The summed E-state index contributed by atoms with van der Waals surface area (Å²) in [5, 5.41) is 7.61. The number of halogens is 1. The first kappa shape index (κ1) is 17.9. The van der Waals surface area contributed by atoms with Crippen LogP contribution in [0.2, 0.25) is 0 Å². The minimum Gasteiger partial charge on any atom is -0.354 e. The molecule has 1 saturated heterocycles. The molecule has 7 heteroatoms. The summed E-state index contributed by atoms with van der Waals surface area (Å²) in [6.45, 7) is 5.41. The number of carbonyl (C=O) groups is 1. The Kier molecular flexibility index (Phi) is 5.05. The van der Waals surface area contributed by atoms with Crippen molar-refractivity contribution in [1.82, 2.24) is 15.3 Å². The van der Waals surface area contributed by atoms with E-state index in [1.165, 1.54) is 0 Å². The third-order valence-corrected chi connectivity index (χ3v) is 5.16. The predicted molar refractivity (Wildman–Crippen MR) is 112 cm³/mol. The molecule has 27 heavy (non-hydrogen) atoms. The second-order valence-electron chi connectivity index (χ2n) is 6.53. The highest BCUT2D eigenvalue weighted by atomic mass is 79.9. The number of piperazine rings is 1. The smallest absolute Gasteiger partial charge is 0.163 e. The number of hydrogen-bond donors (Lipinski definition) is 2. The number of ketones is 1. The molecule has 0 amide bonds. The second-order valence-corrected chi connectivity index (χ2v) is 7.45. The summed E-state index contributed by atoms with van der Waals surface area (Å²) in [7, 11) is 0. The summed E-state index contributed by atoms with van der Waals surface area (Å²) in [6.07, 6.45) is 3.44. The van der Waals surface area contributed by atoms with Crippen molar-refractivity contribution in [3.63, 3.8) is 0 Å². The molecule has 138 valence electrons. The highest BCUT2D eigenvalue weighted by molar-refractivity contribution is 9.10. The van der Waals surface area contributed by atoms with Crippen LogP contribution in [0.3, 0.4) is 0 Å². The van der Waals surface area contributed by atoms with E-state index in [1.807, 2.05) is 36.5 Å². The highest BCUT2D eigenvalue weighted by Crippen LogP contribution is 2.31. The van der Waals surface area contributed by atoms with Gasteiger partial charge in [0, 0.05) is 42.2 Å². The van der Waals surface area contributed by atoms with E-state index in [9.17, 15) is 4.79 Å². The van der Waals surface area contributed by atoms with Crippen LogP contribution in [0.25, 0.3) is 10.9 Å².